The van der Waals surface area contributed by atoms with Crippen molar-refractivity contribution in [3.63, 3.8) is 0 Å². The molecule has 1 unspecified atom stereocenters. The molecule has 1 aromatic carbocycles. The monoisotopic (exact) mass is 258 g/mol. The van der Waals surface area contributed by atoms with Crippen LogP contribution in [-0.2, 0) is 6.42 Å². The molecule has 2 N–H and O–H groups in total. The Bertz CT molecular complexity index is 573. The highest BCUT2D eigenvalue weighted by atomic mass is 16.5. The Morgan fingerprint density at radius 2 is 2.37 bits per heavy atom. The van der Waals surface area contributed by atoms with Gasteiger partial charge in [0.25, 0.3) is 0 Å². The minimum absolute atomic E-state index is 0.0894. The van der Waals surface area contributed by atoms with Crippen LogP contribution >= 0.6 is 0 Å². The number of hydrogen-bond acceptors (Lipinski definition) is 3. The molecule has 1 aliphatic heterocycles. The minimum Gasteiger partial charge on any atom is -0.493 e. The maximum Gasteiger partial charge on any atom is 0.122 e. The Kier molecular flexibility index (Phi) is 3.25. The third kappa shape index (κ3) is 2.24. The average Bonchev–Trinajstić information content (AvgIpc) is 3.08. The van der Waals surface area contributed by atoms with E-state index < -0.39 is 0 Å². The van der Waals surface area contributed by atoms with E-state index in [0.29, 0.717) is 0 Å². The fourth-order valence-corrected chi connectivity index (χ4v) is 2.45. The number of ether oxygens (including phenoxy) is 1. The van der Waals surface area contributed by atoms with Crippen molar-refractivity contribution in [2.75, 3.05) is 13.2 Å². The summed E-state index contributed by atoms with van der Waals surface area (Å²) in [6.45, 7) is 2.95. The summed E-state index contributed by atoms with van der Waals surface area (Å²) in [5, 5.41) is 9.31. The van der Waals surface area contributed by atoms with E-state index in [9.17, 15) is 5.11 Å². The van der Waals surface area contributed by atoms with E-state index in [1.807, 2.05) is 18.3 Å². The summed E-state index contributed by atoms with van der Waals surface area (Å²) >= 11 is 0. The normalized spacial score (nSPS) is 15.1. The topological polar surface area (TPSA) is 58.1 Å². The van der Waals surface area contributed by atoms with Crippen LogP contribution in [0.3, 0.4) is 0 Å². The molecule has 2 heterocycles. The summed E-state index contributed by atoms with van der Waals surface area (Å²) in [5.41, 5.74) is 3.37. The molecule has 4 heteroatoms. The lowest BCUT2D eigenvalue weighted by Crippen LogP contribution is -2.04. The highest BCUT2D eigenvalue weighted by Gasteiger charge is 2.15. The van der Waals surface area contributed by atoms with Gasteiger partial charge in [-0.3, -0.25) is 0 Å². The molecule has 0 radical (unpaired) electrons. The van der Waals surface area contributed by atoms with Gasteiger partial charge in [0.1, 0.15) is 11.6 Å². The van der Waals surface area contributed by atoms with Gasteiger partial charge in [-0.1, -0.05) is 6.92 Å². The second-order valence-corrected chi connectivity index (χ2v) is 4.89. The Balaban J connectivity index is 1.90. The fourth-order valence-electron chi connectivity index (χ4n) is 2.45. The largest absolute Gasteiger partial charge is 0.493 e. The zero-order valence-electron chi connectivity index (χ0n) is 11.0. The number of benzene rings is 1. The third-order valence-electron chi connectivity index (χ3n) is 3.70. The predicted molar refractivity (Wildman–Crippen MR) is 73.3 cm³/mol. The molecule has 0 amide bonds. The SMILES string of the molecule is CCC(CO)c1ncc(-c2ccc3c(c2)CCO3)[nH]1. The molecule has 1 atom stereocenters. The van der Waals surface area contributed by atoms with Gasteiger partial charge in [-0.25, -0.2) is 4.98 Å². The maximum absolute atomic E-state index is 9.31. The van der Waals surface area contributed by atoms with Crippen molar-refractivity contribution in [2.45, 2.75) is 25.7 Å². The first-order valence-corrected chi connectivity index (χ1v) is 6.73. The van der Waals surface area contributed by atoms with Crippen LogP contribution in [-0.4, -0.2) is 28.3 Å². The van der Waals surface area contributed by atoms with Crippen LogP contribution in [0.2, 0.25) is 0 Å². The maximum atomic E-state index is 9.31. The number of aliphatic hydroxyl groups excluding tert-OH is 1. The summed E-state index contributed by atoms with van der Waals surface area (Å²) in [6.07, 6.45) is 3.69. The average molecular weight is 258 g/mol. The first-order chi connectivity index (χ1) is 9.31. The van der Waals surface area contributed by atoms with E-state index in [2.05, 4.69) is 23.0 Å². The first kappa shape index (κ1) is 12.2. The number of nitrogens with one attached hydrogen (secondary N) is 1. The van der Waals surface area contributed by atoms with E-state index in [4.69, 9.17) is 4.74 Å². The van der Waals surface area contributed by atoms with E-state index in [1.165, 1.54) is 5.56 Å². The van der Waals surface area contributed by atoms with Crippen molar-refractivity contribution in [1.29, 1.82) is 0 Å². The highest BCUT2D eigenvalue weighted by molar-refractivity contribution is 5.62. The van der Waals surface area contributed by atoms with Gasteiger partial charge >= 0.3 is 0 Å². The molecule has 0 saturated heterocycles. The molecule has 2 aromatic rings. The van der Waals surface area contributed by atoms with Crippen LogP contribution in [0.15, 0.2) is 24.4 Å². The number of hydrogen-bond donors (Lipinski definition) is 2. The number of H-pyrrole nitrogens is 1. The van der Waals surface area contributed by atoms with Gasteiger partial charge in [-0.15, -0.1) is 0 Å². The molecule has 0 bridgehead atoms. The van der Waals surface area contributed by atoms with Crippen LogP contribution < -0.4 is 4.74 Å². The molecular formula is C15H18N2O2. The van der Waals surface area contributed by atoms with Crippen molar-refractivity contribution >= 4 is 0 Å². The Morgan fingerprint density at radius 3 is 3.16 bits per heavy atom. The summed E-state index contributed by atoms with van der Waals surface area (Å²) in [6, 6.07) is 6.21. The van der Waals surface area contributed by atoms with Crippen molar-refractivity contribution in [3.8, 4) is 17.0 Å². The Hall–Kier alpha value is -1.81. The number of aromatic nitrogens is 2. The molecule has 1 aliphatic rings. The number of rotatable bonds is 4. The summed E-state index contributed by atoms with van der Waals surface area (Å²) in [5.74, 6) is 1.94. The van der Waals surface area contributed by atoms with E-state index >= 15 is 0 Å². The van der Waals surface area contributed by atoms with E-state index in [-0.39, 0.29) is 12.5 Å². The molecule has 4 nitrogen and oxygen atoms in total. The highest BCUT2D eigenvalue weighted by Crippen LogP contribution is 2.30. The lowest BCUT2D eigenvalue weighted by molar-refractivity contribution is 0.258. The molecule has 0 saturated carbocycles. The van der Waals surface area contributed by atoms with Crippen molar-refractivity contribution in [2.24, 2.45) is 0 Å². The quantitative estimate of drug-likeness (QED) is 0.885. The van der Waals surface area contributed by atoms with Crippen LogP contribution in [0.25, 0.3) is 11.3 Å². The van der Waals surface area contributed by atoms with Crippen molar-refractivity contribution in [1.82, 2.24) is 9.97 Å². The molecule has 100 valence electrons. The van der Waals surface area contributed by atoms with Gasteiger partial charge < -0.3 is 14.8 Å². The van der Waals surface area contributed by atoms with Gasteiger partial charge in [0.15, 0.2) is 0 Å². The molecule has 1 aromatic heterocycles. The van der Waals surface area contributed by atoms with Crippen LogP contribution in [0.1, 0.15) is 30.7 Å². The van der Waals surface area contributed by atoms with E-state index in [1.54, 1.807) is 0 Å². The summed E-state index contributed by atoms with van der Waals surface area (Å²) in [4.78, 5) is 7.69. The van der Waals surface area contributed by atoms with E-state index in [0.717, 1.165) is 42.3 Å². The number of aromatic amines is 1. The van der Waals surface area contributed by atoms with Crippen molar-refractivity contribution < 1.29 is 9.84 Å². The number of aliphatic hydroxyl groups is 1. The second-order valence-electron chi connectivity index (χ2n) is 4.89. The van der Waals surface area contributed by atoms with Crippen LogP contribution in [0.4, 0.5) is 0 Å². The van der Waals surface area contributed by atoms with Gasteiger partial charge in [-0.2, -0.15) is 0 Å². The molecule has 0 aliphatic carbocycles. The minimum atomic E-state index is 0.0894. The lowest BCUT2D eigenvalue weighted by atomic mass is 10.1. The number of fused-ring (bicyclic) bond motifs is 1. The molecular weight excluding hydrogens is 240 g/mol. The Labute approximate surface area is 112 Å². The molecule has 19 heavy (non-hydrogen) atoms. The molecule has 0 spiro atoms. The zero-order valence-corrected chi connectivity index (χ0v) is 11.0. The molecule has 0 fully saturated rings. The van der Waals surface area contributed by atoms with Crippen molar-refractivity contribution in [3.05, 3.63) is 35.8 Å². The lowest BCUT2D eigenvalue weighted by Gasteiger charge is -2.07. The molecule has 3 rings (SSSR count). The zero-order chi connectivity index (χ0) is 13.2. The van der Waals surface area contributed by atoms with Crippen LogP contribution in [0, 0.1) is 0 Å². The summed E-state index contributed by atoms with van der Waals surface area (Å²) in [7, 11) is 0. The number of imidazole rings is 1. The standard InChI is InChI=1S/C15H18N2O2/c1-2-10(9-18)15-16-8-13(17-15)11-3-4-14-12(7-11)5-6-19-14/h3-4,7-8,10,18H,2,5-6,9H2,1H3,(H,16,17). The fraction of sp³-hybridized carbons (Fsp3) is 0.400. The van der Waals surface area contributed by atoms with Crippen LogP contribution in [0.5, 0.6) is 5.75 Å². The smallest absolute Gasteiger partial charge is 0.122 e. The van der Waals surface area contributed by atoms with Gasteiger partial charge in [0.05, 0.1) is 25.1 Å². The van der Waals surface area contributed by atoms with Gasteiger partial charge in [-0.05, 0) is 30.2 Å². The second kappa shape index (κ2) is 5.05. The number of nitrogens with zero attached hydrogens (tertiary/aromatic N) is 1. The predicted octanol–water partition coefficient (Wildman–Crippen LogP) is 2.50. The third-order valence-corrected chi connectivity index (χ3v) is 3.70. The van der Waals surface area contributed by atoms with Gasteiger partial charge in [0, 0.05) is 17.9 Å². The summed E-state index contributed by atoms with van der Waals surface area (Å²) < 4.78 is 5.51. The van der Waals surface area contributed by atoms with Gasteiger partial charge in [0.2, 0.25) is 0 Å². The Morgan fingerprint density at radius 1 is 1.47 bits per heavy atom. The first-order valence-electron chi connectivity index (χ1n) is 6.73.